The van der Waals surface area contributed by atoms with Gasteiger partial charge in [0.1, 0.15) is 6.04 Å². The van der Waals surface area contributed by atoms with Crippen molar-refractivity contribution in [2.24, 2.45) is 5.92 Å². The third kappa shape index (κ3) is 1.70. The van der Waals surface area contributed by atoms with E-state index in [-0.39, 0.29) is 12.0 Å². The SMILES string of the molecule is CCOC(=O)[C@H]1NC2CCC1CC2. The van der Waals surface area contributed by atoms with Crippen molar-refractivity contribution < 1.29 is 9.53 Å². The molecule has 2 aliphatic heterocycles. The van der Waals surface area contributed by atoms with Crippen LogP contribution in [0.5, 0.6) is 0 Å². The molecular weight excluding hydrogens is 166 g/mol. The molecule has 0 spiro atoms. The van der Waals surface area contributed by atoms with Gasteiger partial charge >= 0.3 is 5.97 Å². The lowest BCUT2D eigenvalue weighted by atomic mass is 9.76. The van der Waals surface area contributed by atoms with Crippen LogP contribution in [0.25, 0.3) is 0 Å². The standard InChI is InChI=1S/C10H17NO2/c1-2-13-10(12)9-7-3-5-8(11-9)6-4-7/h7-9,11H,2-6H2,1H3/t7?,8?,9-/m0/s1. The predicted octanol–water partition coefficient (Wildman–Crippen LogP) is 1.08. The summed E-state index contributed by atoms with van der Waals surface area (Å²) >= 11 is 0. The second-order valence-electron chi connectivity index (χ2n) is 4.01. The fraction of sp³-hybridized carbons (Fsp3) is 0.900. The number of nitrogens with one attached hydrogen (secondary N) is 1. The Morgan fingerprint density at radius 3 is 2.54 bits per heavy atom. The Labute approximate surface area is 78.8 Å². The van der Waals surface area contributed by atoms with Crippen LogP contribution in [-0.4, -0.2) is 24.7 Å². The van der Waals surface area contributed by atoms with E-state index in [0.717, 1.165) is 0 Å². The van der Waals surface area contributed by atoms with Crippen molar-refractivity contribution >= 4 is 5.97 Å². The summed E-state index contributed by atoms with van der Waals surface area (Å²) in [6.45, 7) is 2.35. The summed E-state index contributed by atoms with van der Waals surface area (Å²) in [4.78, 5) is 11.5. The highest BCUT2D eigenvalue weighted by Crippen LogP contribution is 2.33. The first-order valence-electron chi connectivity index (χ1n) is 5.24. The average Bonchev–Trinajstić information content (AvgIpc) is 2.20. The molecule has 3 rings (SSSR count). The summed E-state index contributed by atoms with van der Waals surface area (Å²) in [5, 5.41) is 3.36. The van der Waals surface area contributed by atoms with Gasteiger partial charge in [-0.05, 0) is 38.5 Å². The summed E-state index contributed by atoms with van der Waals surface area (Å²) in [5.74, 6) is 0.487. The number of carbonyl (C=O) groups excluding carboxylic acids is 1. The smallest absolute Gasteiger partial charge is 0.323 e. The van der Waals surface area contributed by atoms with Gasteiger partial charge in [-0.1, -0.05) is 0 Å². The number of piperidine rings is 2. The van der Waals surface area contributed by atoms with Gasteiger partial charge in [0.05, 0.1) is 6.61 Å². The van der Waals surface area contributed by atoms with Crippen molar-refractivity contribution in [3.63, 3.8) is 0 Å². The van der Waals surface area contributed by atoms with E-state index in [1.165, 1.54) is 25.7 Å². The highest BCUT2D eigenvalue weighted by atomic mass is 16.5. The lowest BCUT2D eigenvalue weighted by Crippen LogP contribution is -2.56. The topological polar surface area (TPSA) is 38.3 Å². The Balaban J connectivity index is 1.96. The molecule has 1 N–H and O–H groups in total. The van der Waals surface area contributed by atoms with Gasteiger partial charge in [-0.25, -0.2) is 0 Å². The first-order valence-corrected chi connectivity index (χ1v) is 5.24. The molecule has 1 aliphatic carbocycles. The largest absolute Gasteiger partial charge is 0.465 e. The summed E-state index contributed by atoms with van der Waals surface area (Å²) in [5.41, 5.74) is 0. The Kier molecular flexibility index (Phi) is 2.54. The third-order valence-corrected chi connectivity index (χ3v) is 3.20. The molecule has 0 radical (unpaired) electrons. The molecule has 2 saturated heterocycles. The number of esters is 1. The zero-order chi connectivity index (χ0) is 9.26. The molecule has 0 aromatic carbocycles. The van der Waals surface area contributed by atoms with Crippen LogP contribution in [0.15, 0.2) is 0 Å². The van der Waals surface area contributed by atoms with E-state index in [4.69, 9.17) is 4.74 Å². The van der Waals surface area contributed by atoms with Crippen LogP contribution in [0.1, 0.15) is 32.6 Å². The van der Waals surface area contributed by atoms with Crippen molar-refractivity contribution in [3.05, 3.63) is 0 Å². The fourth-order valence-corrected chi connectivity index (χ4v) is 2.50. The number of hydrogen-bond donors (Lipinski definition) is 1. The maximum Gasteiger partial charge on any atom is 0.323 e. The zero-order valence-electron chi connectivity index (χ0n) is 8.08. The van der Waals surface area contributed by atoms with Crippen molar-refractivity contribution in [1.82, 2.24) is 5.32 Å². The molecule has 0 aromatic heterocycles. The van der Waals surface area contributed by atoms with Crippen molar-refractivity contribution in [2.45, 2.75) is 44.7 Å². The van der Waals surface area contributed by atoms with Crippen LogP contribution in [0.4, 0.5) is 0 Å². The van der Waals surface area contributed by atoms with E-state index in [0.29, 0.717) is 18.6 Å². The van der Waals surface area contributed by atoms with E-state index >= 15 is 0 Å². The molecule has 3 aliphatic rings. The second kappa shape index (κ2) is 3.66. The van der Waals surface area contributed by atoms with E-state index in [2.05, 4.69) is 5.32 Å². The molecule has 2 heterocycles. The van der Waals surface area contributed by atoms with Gasteiger partial charge in [-0.15, -0.1) is 0 Å². The minimum atomic E-state index is -0.0445. The van der Waals surface area contributed by atoms with Gasteiger partial charge in [0, 0.05) is 6.04 Å². The van der Waals surface area contributed by atoms with Crippen LogP contribution in [0.3, 0.4) is 0 Å². The van der Waals surface area contributed by atoms with E-state index in [9.17, 15) is 4.79 Å². The molecule has 0 amide bonds. The molecule has 1 atom stereocenters. The fourth-order valence-electron chi connectivity index (χ4n) is 2.50. The Hall–Kier alpha value is -0.570. The normalized spacial score (nSPS) is 37.5. The van der Waals surface area contributed by atoms with Gasteiger partial charge in [-0.3, -0.25) is 4.79 Å². The van der Waals surface area contributed by atoms with Crippen LogP contribution in [0.2, 0.25) is 0 Å². The number of carbonyl (C=O) groups is 1. The summed E-state index contributed by atoms with van der Waals surface area (Å²) < 4.78 is 5.03. The van der Waals surface area contributed by atoms with Crippen LogP contribution < -0.4 is 5.32 Å². The molecule has 3 fully saturated rings. The van der Waals surface area contributed by atoms with Crippen LogP contribution in [-0.2, 0) is 9.53 Å². The van der Waals surface area contributed by atoms with Gasteiger partial charge in [0.15, 0.2) is 0 Å². The van der Waals surface area contributed by atoms with E-state index in [1.807, 2.05) is 6.92 Å². The Morgan fingerprint density at radius 1 is 1.38 bits per heavy atom. The average molecular weight is 183 g/mol. The molecule has 3 heteroatoms. The minimum absolute atomic E-state index is 0.00699. The second-order valence-corrected chi connectivity index (χ2v) is 4.01. The molecule has 2 bridgehead atoms. The number of hydrogen-bond acceptors (Lipinski definition) is 3. The van der Waals surface area contributed by atoms with Crippen LogP contribution in [0, 0.1) is 5.92 Å². The molecule has 1 saturated carbocycles. The van der Waals surface area contributed by atoms with E-state index < -0.39 is 0 Å². The maximum atomic E-state index is 11.5. The number of rotatable bonds is 2. The number of ether oxygens (including phenoxy) is 1. The zero-order valence-corrected chi connectivity index (χ0v) is 8.08. The maximum absolute atomic E-state index is 11.5. The van der Waals surface area contributed by atoms with Gasteiger partial charge in [0.25, 0.3) is 0 Å². The third-order valence-electron chi connectivity index (χ3n) is 3.20. The highest BCUT2D eigenvalue weighted by Gasteiger charge is 2.39. The highest BCUT2D eigenvalue weighted by molar-refractivity contribution is 5.76. The lowest BCUT2D eigenvalue weighted by Gasteiger charge is -2.42. The first kappa shape index (κ1) is 9.00. The van der Waals surface area contributed by atoms with E-state index in [1.54, 1.807) is 0 Å². The lowest BCUT2D eigenvalue weighted by molar-refractivity contribution is -0.149. The molecule has 3 nitrogen and oxygen atoms in total. The van der Waals surface area contributed by atoms with Crippen molar-refractivity contribution in [2.75, 3.05) is 6.61 Å². The summed E-state index contributed by atoms with van der Waals surface area (Å²) in [7, 11) is 0. The van der Waals surface area contributed by atoms with Crippen molar-refractivity contribution in [3.8, 4) is 0 Å². The molecule has 13 heavy (non-hydrogen) atoms. The Bertz CT molecular complexity index is 197. The van der Waals surface area contributed by atoms with Gasteiger partial charge < -0.3 is 10.1 Å². The molecule has 0 aromatic rings. The molecule has 74 valence electrons. The van der Waals surface area contributed by atoms with Gasteiger partial charge in [-0.2, -0.15) is 0 Å². The van der Waals surface area contributed by atoms with Crippen LogP contribution >= 0.6 is 0 Å². The Morgan fingerprint density at radius 2 is 2.08 bits per heavy atom. The molecular formula is C10H17NO2. The summed E-state index contributed by atoms with van der Waals surface area (Å²) in [6, 6.07) is 0.562. The predicted molar refractivity (Wildman–Crippen MR) is 49.3 cm³/mol. The van der Waals surface area contributed by atoms with Gasteiger partial charge in [0.2, 0.25) is 0 Å². The minimum Gasteiger partial charge on any atom is -0.465 e. The summed E-state index contributed by atoms with van der Waals surface area (Å²) in [6.07, 6.45) is 4.86. The van der Waals surface area contributed by atoms with Crippen molar-refractivity contribution in [1.29, 1.82) is 0 Å². The number of fused-ring (bicyclic) bond motifs is 3. The monoisotopic (exact) mass is 183 g/mol. The molecule has 0 unspecified atom stereocenters. The quantitative estimate of drug-likeness (QED) is 0.651. The first-order chi connectivity index (χ1) is 6.31.